The first-order valence-electron chi connectivity index (χ1n) is 5.88. The van der Waals surface area contributed by atoms with Crippen LogP contribution in [0.3, 0.4) is 0 Å². The van der Waals surface area contributed by atoms with E-state index in [4.69, 9.17) is 4.52 Å². The van der Waals surface area contributed by atoms with Crippen molar-refractivity contribution >= 4 is 5.91 Å². The smallest absolute Gasteiger partial charge is 0.226 e. The summed E-state index contributed by atoms with van der Waals surface area (Å²) in [7, 11) is 0. The van der Waals surface area contributed by atoms with Crippen molar-refractivity contribution in [1.82, 2.24) is 10.5 Å². The molecule has 1 aromatic carbocycles. The molecule has 0 radical (unpaired) electrons. The molecular weight excluding hydrogens is 228 g/mol. The topological polar surface area (TPSA) is 55.1 Å². The van der Waals surface area contributed by atoms with E-state index in [0.29, 0.717) is 12.2 Å². The predicted molar refractivity (Wildman–Crippen MR) is 68.0 cm³/mol. The van der Waals surface area contributed by atoms with Crippen LogP contribution in [0.25, 0.3) is 0 Å². The Hall–Kier alpha value is -2.10. The van der Waals surface area contributed by atoms with E-state index in [1.807, 2.05) is 38.1 Å². The Morgan fingerprint density at radius 2 is 2.11 bits per heavy atom. The van der Waals surface area contributed by atoms with Crippen LogP contribution in [0, 0.1) is 13.8 Å². The number of nitrogens with one attached hydrogen (secondary N) is 1. The summed E-state index contributed by atoms with van der Waals surface area (Å²) in [6.45, 7) is 4.38. The van der Waals surface area contributed by atoms with Gasteiger partial charge in [0.05, 0.1) is 12.1 Å². The van der Waals surface area contributed by atoms with Crippen LogP contribution in [-0.2, 0) is 17.8 Å². The lowest BCUT2D eigenvalue weighted by Gasteiger charge is -2.06. The second-order valence-electron chi connectivity index (χ2n) is 4.31. The van der Waals surface area contributed by atoms with E-state index >= 15 is 0 Å². The number of rotatable bonds is 4. The van der Waals surface area contributed by atoms with E-state index in [1.165, 1.54) is 5.56 Å². The van der Waals surface area contributed by atoms with Gasteiger partial charge in [-0.1, -0.05) is 29.4 Å². The Bertz CT molecular complexity index is 546. The summed E-state index contributed by atoms with van der Waals surface area (Å²) in [4.78, 5) is 11.7. The molecule has 0 aliphatic heterocycles. The zero-order valence-corrected chi connectivity index (χ0v) is 10.6. The molecule has 0 bridgehead atoms. The van der Waals surface area contributed by atoms with Gasteiger partial charge in [0.2, 0.25) is 5.91 Å². The molecule has 0 unspecified atom stereocenters. The molecule has 0 atom stereocenters. The lowest BCUT2D eigenvalue weighted by molar-refractivity contribution is -0.120. The fourth-order valence-corrected chi connectivity index (χ4v) is 1.73. The number of benzene rings is 1. The third-order valence-electron chi connectivity index (χ3n) is 2.76. The Balaban J connectivity index is 1.87. The molecule has 0 saturated carbocycles. The summed E-state index contributed by atoms with van der Waals surface area (Å²) in [5.41, 5.74) is 2.96. The number of amides is 1. The maximum absolute atomic E-state index is 11.7. The van der Waals surface area contributed by atoms with Crippen molar-refractivity contribution in [2.45, 2.75) is 26.8 Å². The molecule has 4 heteroatoms. The molecular formula is C14H16N2O2. The fourth-order valence-electron chi connectivity index (χ4n) is 1.73. The molecule has 0 aliphatic rings. The van der Waals surface area contributed by atoms with Crippen LogP contribution in [0.4, 0.5) is 0 Å². The quantitative estimate of drug-likeness (QED) is 0.896. The van der Waals surface area contributed by atoms with E-state index in [0.717, 1.165) is 11.3 Å². The zero-order valence-electron chi connectivity index (χ0n) is 10.6. The second kappa shape index (κ2) is 5.49. The molecule has 94 valence electrons. The van der Waals surface area contributed by atoms with Crippen LogP contribution >= 0.6 is 0 Å². The van der Waals surface area contributed by atoms with Crippen molar-refractivity contribution in [3.63, 3.8) is 0 Å². The number of carbonyl (C=O) groups excluding carboxylic acids is 1. The van der Waals surface area contributed by atoms with Gasteiger partial charge in [-0.3, -0.25) is 4.79 Å². The highest BCUT2D eigenvalue weighted by Crippen LogP contribution is 2.06. The minimum Gasteiger partial charge on any atom is -0.361 e. The Morgan fingerprint density at radius 3 is 2.78 bits per heavy atom. The molecule has 2 aromatic rings. The lowest BCUT2D eigenvalue weighted by Crippen LogP contribution is -2.25. The molecule has 0 fully saturated rings. The summed E-state index contributed by atoms with van der Waals surface area (Å²) in [5, 5.41) is 6.67. The average molecular weight is 244 g/mol. The van der Waals surface area contributed by atoms with Gasteiger partial charge >= 0.3 is 0 Å². The van der Waals surface area contributed by atoms with Gasteiger partial charge in [-0.15, -0.1) is 0 Å². The van der Waals surface area contributed by atoms with Crippen molar-refractivity contribution in [3.05, 3.63) is 52.9 Å². The average Bonchev–Trinajstić information content (AvgIpc) is 2.74. The molecule has 0 aliphatic carbocycles. The minimum absolute atomic E-state index is 0.0495. The van der Waals surface area contributed by atoms with E-state index in [-0.39, 0.29) is 12.3 Å². The molecule has 1 heterocycles. The monoisotopic (exact) mass is 244 g/mol. The van der Waals surface area contributed by atoms with Gasteiger partial charge < -0.3 is 9.84 Å². The van der Waals surface area contributed by atoms with E-state index in [2.05, 4.69) is 10.5 Å². The first-order valence-corrected chi connectivity index (χ1v) is 5.88. The third-order valence-corrected chi connectivity index (χ3v) is 2.76. The Kier molecular flexibility index (Phi) is 3.77. The van der Waals surface area contributed by atoms with Gasteiger partial charge in [0.1, 0.15) is 5.76 Å². The first-order chi connectivity index (χ1) is 8.65. The number of carbonyl (C=O) groups is 1. The summed E-state index contributed by atoms with van der Waals surface area (Å²) in [5.74, 6) is 0.670. The molecule has 0 spiro atoms. The molecule has 1 amide bonds. The second-order valence-corrected chi connectivity index (χ2v) is 4.31. The van der Waals surface area contributed by atoms with Crippen molar-refractivity contribution in [2.24, 2.45) is 0 Å². The summed E-state index contributed by atoms with van der Waals surface area (Å²) < 4.78 is 4.92. The molecule has 1 aromatic heterocycles. The van der Waals surface area contributed by atoms with Crippen molar-refractivity contribution < 1.29 is 9.32 Å². The summed E-state index contributed by atoms with van der Waals surface area (Å²) in [6, 6.07) is 9.76. The van der Waals surface area contributed by atoms with Crippen LogP contribution in [0.1, 0.15) is 22.6 Å². The Labute approximate surface area is 106 Å². The predicted octanol–water partition coefficient (Wildman–Crippen LogP) is 2.15. The van der Waals surface area contributed by atoms with Crippen LogP contribution in [-0.4, -0.2) is 11.1 Å². The molecule has 1 N–H and O–H groups in total. The van der Waals surface area contributed by atoms with Gasteiger partial charge in [-0.05, 0) is 25.0 Å². The van der Waals surface area contributed by atoms with E-state index in [9.17, 15) is 4.79 Å². The van der Waals surface area contributed by atoms with Gasteiger partial charge in [-0.2, -0.15) is 0 Å². The van der Waals surface area contributed by atoms with Gasteiger partial charge in [0.25, 0.3) is 0 Å². The lowest BCUT2D eigenvalue weighted by atomic mass is 10.1. The maximum Gasteiger partial charge on any atom is 0.226 e. The third kappa shape index (κ3) is 3.20. The molecule has 2 rings (SSSR count). The van der Waals surface area contributed by atoms with Crippen LogP contribution in [0.15, 0.2) is 34.9 Å². The van der Waals surface area contributed by atoms with Crippen molar-refractivity contribution in [2.75, 3.05) is 0 Å². The van der Waals surface area contributed by atoms with Gasteiger partial charge in [0.15, 0.2) is 0 Å². The Morgan fingerprint density at radius 1 is 1.33 bits per heavy atom. The van der Waals surface area contributed by atoms with Crippen LogP contribution in [0.2, 0.25) is 0 Å². The van der Waals surface area contributed by atoms with E-state index in [1.54, 1.807) is 6.07 Å². The number of nitrogens with zero attached hydrogens (tertiary/aromatic N) is 1. The highest BCUT2D eigenvalue weighted by atomic mass is 16.5. The van der Waals surface area contributed by atoms with Crippen LogP contribution in [0.5, 0.6) is 0 Å². The van der Waals surface area contributed by atoms with Gasteiger partial charge in [0, 0.05) is 12.6 Å². The fraction of sp³-hybridized carbons (Fsp3) is 0.286. The number of aromatic nitrogens is 1. The molecule has 18 heavy (non-hydrogen) atoms. The minimum atomic E-state index is -0.0495. The molecule has 0 saturated heterocycles. The summed E-state index contributed by atoms with van der Waals surface area (Å²) >= 11 is 0. The first kappa shape index (κ1) is 12.4. The highest BCUT2D eigenvalue weighted by Gasteiger charge is 2.07. The largest absolute Gasteiger partial charge is 0.361 e. The SMILES string of the molecule is Cc1cc(CC(=O)NCc2ccccc2C)no1. The van der Waals surface area contributed by atoms with Crippen molar-refractivity contribution in [1.29, 1.82) is 0 Å². The molecule has 4 nitrogen and oxygen atoms in total. The van der Waals surface area contributed by atoms with Crippen molar-refractivity contribution in [3.8, 4) is 0 Å². The summed E-state index contributed by atoms with van der Waals surface area (Å²) in [6.07, 6.45) is 0.253. The number of aryl methyl sites for hydroxylation is 2. The number of hydrogen-bond donors (Lipinski definition) is 1. The van der Waals surface area contributed by atoms with Gasteiger partial charge in [-0.25, -0.2) is 0 Å². The maximum atomic E-state index is 11.7. The highest BCUT2D eigenvalue weighted by molar-refractivity contribution is 5.78. The zero-order chi connectivity index (χ0) is 13.0. The standard InChI is InChI=1S/C14H16N2O2/c1-10-5-3-4-6-12(10)9-15-14(17)8-13-7-11(2)18-16-13/h3-7H,8-9H2,1-2H3,(H,15,17). The van der Waals surface area contributed by atoms with E-state index < -0.39 is 0 Å². The van der Waals surface area contributed by atoms with Crippen LogP contribution < -0.4 is 5.32 Å². The number of hydrogen-bond acceptors (Lipinski definition) is 3. The normalized spacial score (nSPS) is 10.3.